The molecule has 0 aliphatic heterocycles. The molecule has 1 aromatic carbocycles. The van der Waals surface area contributed by atoms with Crippen molar-refractivity contribution in [2.45, 2.75) is 6.42 Å². The van der Waals surface area contributed by atoms with Gasteiger partial charge in [0.2, 0.25) is 0 Å². The number of hydrogen-bond acceptors (Lipinski definition) is 3. The highest BCUT2D eigenvalue weighted by molar-refractivity contribution is 9.10. The topological polar surface area (TPSA) is 58.2 Å². The van der Waals surface area contributed by atoms with Crippen LogP contribution in [0.15, 0.2) is 45.8 Å². The van der Waals surface area contributed by atoms with Crippen LogP contribution in [0.25, 0.3) is 16.6 Å². The van der Waals surface area contributed by atoms with Gasteiger partial charge in [0.1, 0.15) is 5.65 Å². The lowest BCUT2D eigenvalue weighted by Crippen LogP contribution is -2.15. The Balaban J connectivity index is 2.42. The zero-order chi connectivity index (χ0) is 13.4. The standard InChI is InChI=1S/C14H8BrN3O/c15-10-2-4-13-17-12-3-1-9(5-6-16)7-11(12)14(19)18(13)8-10/h1-4,7-8H,5H2. The Labute approximate surface area is 117 Å². The first-order valence-corrected chi connectivity index (χ1v) is 6.46. The van der Waals surface area contributed by atoms with E-state index in [1.54, 1.807) is 24.4 Å². The summed E-state index contributed by atoms with van der Waals surface area (Å²) in [6.45, 7) is 0. The van der Waals surface area contributed by atoms with Gasteiger partial charge in [0.15, 0.2) is 0 Å². The molecule has 0 bridgehead atoms. The van der Waals surface area contributed by atoms with E-state index in [1.165, 1.54) is 4.40 Å². The minimum absolute atomic E-state index is 0.124. The number of nitrogens with zero attached hydrogens (tertiary/aromatic N) is 3. The van der Waals surface area contributed by atoms with Crippen LogP contribution in [0.1, 0.15) is 5.56 Å². The van der Waals surface area contributed by atoms with Gasteiger partial charge in [0, 0.05) is 10.7 Å². The van der Waals surface area contributed by atoms with Crippen LogP contribution in [0.5, 0.6) is 0 Å². The van der Waals surface area contributed by atoms with Crippen molar-refractivity contribution in [2.24, 2.45) is 0 Å². The molecule has 92 valence electrons. The predicted molar refractivity (Wildman–Crippen MR) is 76.0 cm³/mol. The molecule has 0 saturated heterocycles. The Morgan fingerprint density at radius 3 is 2.95 bits per heavy atom. The number of fused-ring (bicyclic) bond motifs is 2. The zero-order valence-corrected chi connectivity index (χ0v) is 11.4. The summed E-state index contributed by atoms with van der Waals surface area (Å²) in [5, 5.41) is 9.24. The highest BCUT2D eigenvalue weighted by Crippen LogP contribution is 2.14. The molecular weight excluding hydrogens is 306 g/mol. The Kier molecular flexibility index (Phi) is 2.80. The SMILES string of the molecule is N#CCc1ccc2nc3ccc(Br)cn3c(=O)c2c1. The van der Waals surface area contributed by atoms with Crippen molar-refractivity contribution in [3.05, 3.63) is 56.9 Å². The fourth-order valence-electron chi connectivity index (χ4n) is 2.03. The molecule has 5 heteroatoms. The van der Waals surface area contributed by atoms with Gasteiger partial charge in [-0.15, -0.1) is 0 Å². The number of rotatable bonds is 1. The van der Waals surface area contributed by atoms with Gasteiger partial charge in [-0.3, -0.25) is 9.20 Å². The van der Waals surface area contributed by atoms with E-state index in [0.29, 0.717) is 16.6 Å². The van der Waals surface area contributed by atoms with Gasteiger partial charge in [-0.2, -0.15) is 5.26 Å². The number of aromatic nitrogens is 2. The molecule has 19 heavy (non-hydrogen) atoms. The molecule has 0 N–H and O–H groups in total. The first kappa shape index (κ1) is 11.9. The molecule has 3 aromatic rings. The van der Waals surface area contributed by atoms with E-state index in [4.69, 9.17) is 5.26 Å². The van der Waals surface area contributed by atoms with E-state index in [2.05, 4.69) is 27.0 Å². The third-order valence-corrected chi connectivity index (χ3v) is 3.39. The molecule has 0 spiro atoms. The number of halogens is 1. The monoisotopic (exact) mass is 313 g/mol. The van der Waals surface area contributed by atoms with Crippen LogP contribution in [-0.2, 0) is 6.42 Å². The van der Waals surface area contributed by atoms with Crippen LogP contribution in [0, 0.1) is 11.3 Å². The lowest BCUT2D eigenvalue weighted by atomic mass is 10.1. The molecule has 0 radical (unpaired) electrons. The highest BCUT2D eigenvalue weighted by Gasteiger charge is 2.06. The van der Waals surface area contributed by atoms with E-state index in [0.717, 1.165) is 10.0 Å². The molecule has 0 saturated carbocycles. The van der Waals surface area contributed by atoms with Crippen LogP contribution >= 0.6 is 15.9 Å². The molecule has 0 atom stereocenters. The summed E-state index contributed by atoms with van der Waals surface area (Å²) in [6.07, 6.45) is 1.98. The van der Waals surface area contributed by atoms with E-state index >= 15 is 0 Å². The van der Waals surface area contributed by atoms with Gasteiger partial charge >= 0.3 is 0 Å². The van der Waals surface area contributed by atoms with Gasteiger partial charge in [-0.05, 0) is 45.8 Å². The maximum Gasteiger partial charge on any atom is 0.265 e. The second kappa shape index (κ2) is 4.48. The van der Waals surface area contributed by atoms with Gasteiger partial charge in [0.05, 0.1) is 23.4 Å². The molecule has 2 heterocycles. The van der Waals surface area contributed by atoms with Crippen LogP contribution in [0.4, 0.5) is 0 Å². The fraction of sp³-hybridized carbons (Fsp3) is 0.0714. The van der Waals surface area contributed by atoms with Crippen LogP contribution < -0.4 is 5.56 Å². The quantitative estimate of drug-likeness (QED) is 0.649. The summed E-state index contributed by atoms with van der Waals surface area (Å²) in [4.78, 5) is 16.9. The Morgan fingerprint density at radius 2 is 2.16 bits per heavy atom. The second-order valence-corrected chi connectivity index (χ2v) is 5.09. The predicted octanol–water partition coefficient (Wildman–Crippen LogP) is 2.68. The van der Waals surface area contributed by atoms with E-state index in [1.807, 2.05) is 12.1 Å². The van der Waals surface area contributed by atoms with Gasteiger partial charge in [0.25, 0.3) is 5.56 Å². The zero-order valence-electron chi connectivity index (χ0n) is 9.80. The summed E-state index contributed by atoms with van der Waals surface area (Å²) in [5.41, 5.74) is 1.95. The van der Waals surface area contributed by atoms with Crippen molar-refractivity contribution >= 4 is 32.5 Å². The van der Waals surface area contributed by atoms with Crippen LogP contribution in [0.3, 0.4) is 0 Å². The molecule has 0 amide bonds. The molecular formula is C14H8BrN3O. The molecule has 4 nitrogen and oxygen atoms in total. The van der Waals surface area contributed by atoms with Crippen LogP contribution in [0.2, 0.25) is 0 Å². The summed E-state index contributed by atoms with van der Waals surface area (Å²) >= 11 is 3.34. The molecule has 0 aliphatic carbocycles. The van der Waals surface area contributed by atoms with Crippen molar-refractivity contribution < 1.29 is 0 Å². The lowest BCUT2D eigenvalue weighted by molar-refractivity contribution is 1.07. The maximum absolute atomic E-state index is 12.4. The minimum Gasteiger partial charge on any atom is -0.268 e. The Morgan fingerprint density at radius 1 is 1.32 bits per heavy atom. The summed E-state index contributed by atoms with van der Waals surface area (Å²) in [6, 6.07) is 11.1. The first-order valence-electron chi connectivity index (χ1n) is 5.66. The molecule has 0 fully saturated rings. The average molecular weight is 314 g/mol. The van der Waals surface area contributed by atoms with Crippen LogP contribution in [-0.4, -0.2) is 9.38 Å². The summed E-state index contributed by atoms with van der Waals surface area (Å²) in [7, 11) is 0. The molecule has 2 aromatic heterocycles. The highest BCUT2D eigenvalue weighted by atomic mass is 79.9. The van der Waals surface area contributed by atoms with Crippen molar-refractivity contribution in [3.63, 3.8) is 0 Å². The number of benzene rings is 1. The number of pyridine rings is 1. The normalized spacial score (nSPS) is 10.7. The lowest BCUT2D eigenvalue weighted by Gasteiger charge is -2.04. The third kappa shape index (κ3) is 2.00. The molecule has 0 unspecified atom stereocenters. The second-order valence-electron chi connectivity index (χ2n) is 4.18. The van der Waals surface area contributed by atoms with Gasteiger partial charge in [-0.1, -0.05) is 6.07 Å². The first-order chi connectivity index (χ1) is 9.19. The number of nitriles is 1. The average Bonchev–Trinajstić information content (AvgIpc) is 2.41. The Hall–Kier alpha value is -2.19. The van der Waals surface area contributed by atoms with Crippen molar-refractivity contribution in [3.8, 4) is 6.07 Å². The maximum atomic E-state index is 12.4. The van der Waals surface area contributed by atoms with E-state index in [9.17, 15) is 4.79 Å². The Bertz CT molecular complexity index is 893. The summed E-state index contributed by atoms with van der Waals surface area (Å²) in [5.74, 6) is 0. The van der Waals surface area contributed by atoms with Crippen molar-refractivity contribution in [2.75, 3.05) is 0 Å². The smallest absolute Gasteiger partial charge is 0.265 e. The molecule has 3 rings (SSSR count). The third-order valence-electron chi connectivity index (χ3n) is 2.92. The van der Waals surface area contributed by atoms with E-state index < -0.39 is 0 Å². The fourth-order valence-corrected chi connectivity index (χ4v) is 2.36. The number of hydrogen-bond donors (Lipinski definition) is 0. The molecule has 0 aliphatic rings. The minimum atomic E-state index is -0.124. The van der Waals surface area contributed by atoms with Crippen molar-refractivity contribution in [1.29, 1.82) is 5.26 Å². The summed E-state index contributed by atoms with van der Waals surface area (Å²) < 4.78 is 2.32. The van der Waals surface area contributed by atoms with Gasteiger partial charge in [-0.25, -0.2) is 4.98 Å². The van der Waals surface area contributed by atoms with Crippen molar-refractivity contribution in [1.82, 2.24) is 9.38 Å². The largest absolute Gasteiger partial charge is 0.268 e. The van der Waals surface area contributed by atoms with Gasteiger partial charge < -0.3 is 0 Å². The van der Waals surface area contributed by atoms with E-state index in [-0.39, 0.29) is 12.0 Å².